The van der Waals surface area contributed by atoms with Crippen LogP contribution in [0.4, 0.5) is 4.39 Å². The highest BCUT2D eigenvalue weighted by atomic mass is 79.9. The van der Waals surface area contributed by atoms with Crippen LogP contribution in [0.5, 0.6) is 5.75 Å². The molecule has 1 heterocycles. The second kappa shape index (κ2) is 7.27. The number of benzene rings is 2. The first kappa shape index (κ1) is 17.5. The van der Waals surface area contributed by atoms with E-state index in [-0.39, 0.29) is 19.0 Å². The molecular formula is C19H16BrFO4. The maximum absolute atomic E-state index is 13.0. The molecule has 4 nitrogen and oxygen atoms in total. The Hall–Kier alpha value is -2.34. The zero-order chi connectivity index (χ0) is 18.0. The predicted molar refractivity (Wildman–Crippen MR) is 95.3 cm³/mol. The van der Waals surface area contributed by atoms with Crippen LogP contribution in [0.3, 0.4) is 0 Å². The fraction of sp³-hybridized carbons (Fsp3) is 0.211. The van der Waals surface area contributed by atoms with Gasteiger partial charge in [0.1, 0.15) is 35.1 Å². The molecule has 0 radical (unpaired) electrons. The first-order valence-corrected chi connectivity index (χ1v) is 8.56. The van der Waals surface area contributed by atoms with Gasteiger partial charge in [0.05, 0.1) is 11.1 Å². The third kappa shape index (κ3) is 3.69. The summed E-state index contributed by atoms with van der Waals surface area (Å²) >= 11 is 3.44. The molecule has 0 aliphatic heterocycles. The van der Waals surface area contributed by atoms with Crippen molar-refractivity contribution >= 4 is 32.9 Å². The molecule has 0 saturated carbocycles. The predicted octanol–water partition coefficient (Wildman–Crippen LogP) is 5.40. The van der Waals surface area contributed by atoms with Crippen molar-refractivity contribution in [2.45, 2.75) is 20.5 Å². The average molecular weight is 407 g/mol. The van der Waals surface area contributed by atoms with Crippen molar-refractivity contribution in [3.8, 4) is 5.75 Å². The largest absolute Gasteiger partial charge is 0.488 e. The summed E-state index contributed by atoms with van der Waals surface area (Å²) in [5.41, 5.74) is 1.81. The van der Waals surface area contributed by atoms with E-state index in [0.29, 0.717) is 32.5 Å². The van der Waals surface area contributed by atoms with E-state index in [1.54, 1.807) is 38.1 Å². The molecule has 3 aromatic rings. The molecular weight excluding hydrogens is 391 g/mol. The molecule has 0 aliphatic carbocycles. The van der Waals surface area contributed by atoms with Gasteiger partial charge in [-0.3, -0.25) is 0 Å². The van der Waals surface area contributed by atoms with Crippen LogP contribution < -0.4 is 4.74 Å². The average Bonchev–Trinajstić information content (AvgIpc) is 2.89. The number of hydrogen-bond acceptors (Lipinski definition) is 4. The van der Waals surface area contributed by atoms with E-state index in [1.165, 1.54) is 12.1 Å². The van der Waals surface area contributed by atoms with Gasteiger partial charge in [-0.2, -0.15) is 0 Å². The van der Waals surface area contributed by atoms with Gasteiger partial charge in [0.15, 0.2) is 0 Å². The van der Waals surface area contributed by atoms with E-state index >= 15 is 0 Å². The van der Waals surface area contributed by atoms with Gasteiger partial charge in [0.25, 0.3) is 0 Å². The highest BCUT2D eigenvalue weighted by molar-refractivity contribution is 9.10. The van der Waals surface area contributed by atoms with Crippen LogP contribution in [0.1, 0.15) is 28.6 Å². The Morgan fingerprint density at radius 1 is 1.24 bits per heavy atom. The van der Waals surface area contributed by atoms with E-state index in [1.807, 2.05) is 0 Å². The number of rotatable bonds is 5. The Kier molecular flexibility index (Phi) is 5.08. The van der Waals surface area contributed by atoms with Gasteiger partial charge in [-0.1, -0.05) is 12.1 Å². The molecule has 0 atom stereocenters. The number of carbonyl (C=O) groups is 1. The number of halogens is 2. The summed E-state index contributed by atoms with van der Waals surface area (Å²) in [5.74, 6) is 0.337. The fourth-order valence-electron chi connectivity index (χ4n) is 2.53. The van der Waals surface area contributed by atoms with Gasteiger partial charge in [-0.15, -0.1) is 0 Å². The summed E-state index contributed by atoms with van der Waals surface area (Å²) in [6, 6.07) is 9.59. The van der Waals surface area contributed by atoms with Crippen LogP contribution in [0, 0.1) is 12.7 Å². The van der Waals surface area contributed by atoms with E-state index in [4.69, 9.17) is 13.9 Å². The first-order valence-electron chi connectivity index (χ1n) is 7.76. The number of fused-ring (bicyclic) bond motifs is 1. The Morgan fingerprint density at radius 3 is 2.64 bits per heavy atom. The number of aryl methyl sites for hydroxylation is 1. The van der Waals surface area contributed by atoms with Crippen molar-refractivity contribution in [2.75, 3.05) is 6.61 Å². The zero-order valence-electron chi connectivity index (χ0n) is 13.8. The fourth-order valence-corrected chi connectivity index (χ4v) is 2.97. The monoisotopic (exact) mass is 406 g/mol. The minimum Gasteiger partial charge on any atom is -0.488 e. The third-order valence-electron chi connectivity index (χ3n) is 3.71. The maximum atomic E-state index is 13.0. The quantitative estimate of drug-likeness (QED) is 0.532. The number of esters is 1. The number of carbonyl (C=O) groups excluding carboxylic acids is 1. The molecule has 2 aromatic carbocycles. The first-order chi connectivity index (χ1) is 12.0. The van der Waals surface area contributed by atoms with Gasteiger partial charge < -0.3 is 13.9 Å². The Morgan fingerprint density at radius 2 is 1.96 bits per heavy atom. The summed E-state index contributed by atoms with van der Waals surface area (Å²) in [5, 5.41) is 0.633. The van der Waals surface area contributed by atoms with Crippen molar-refractivity contribution < 1.29 is 23.1 Å². The van der Waals surface area contributed by atoms with Crippen LogP contribution >= 0.6 is 15.9 Å². The second-order valence-electron chi connectivity index (χ2n) is 5.45. The van der Waals surface area contributed by atoms with Crippen LogP contribution in [0.15, 0.2) is 45.3 Å². The SMILES string of the molecule is CCOC(=O)c1c(C)oc2cc(Br)c(OCc3ccc(F)cc3)cc12. The Labute approximate surface area is 152 Å². The highest BCUT2D eigenvalue weighted by Crippen LogP contribution is 2.35. The number of hydrogen-bond donors (Lipinski definition) is 0. The lowest BCUT2D eigenvalue weighted by atomic mass is 10.1. The van der Waals surface area contributed by atoms with Crippen molar-refractivity contribution in [2.24, 2.45) is 0 Å². The summed E-state index contributed by atoms with van der Waals surface area (Å²) in [7, 11) is 0. The van der Waals surface area contributed by atoms with Crippen molar-refractivity contribution in [1.29, 1.82) is 0 Å². The molecule has 6 heteroatoms. The van der Waals surface area contributed by atoms with E-state index in [0.717, 1.165) is 5.56 Å². The van der Waals surface area contributed by atoms with Gasteiger partial charge >= 0.3 is 5.97 Å². The smallest absolute Gasteiger partial charge is 0.342 e. The Balaban J connectivity index is 1.92. The van der Waals surface area contributed by atoms with Crippen molar-refractivity contribution in [3.63, 3.8) is 0 Å². The van der Waals surface area contributed by atoms with Crippen molar-refractivity contribution in [3.05, 3.63) is 63.6 Å². The lowest BCUT2D eigenvalue weighted by molar-refractivity contribution is 0.0526. The molecule has 1 aromatic heterocycles. The molecule has 0 aliphatic rings. The summed E-state index contributed by atoms with van der Waals surface area (Å²) in [4.78, 5) is 12.2. The zero-order valence-corrected chi connectivity index (χ0v) is 15.4. The number of furan rings is 1. The molecule has 0 fully saturated rings. The van der Waals surface area contributed by atoms with E-state index in [9.17, 15) is 9.18 Å². The molecule has 3 rings (SSSR count). The molecule has 0 saturated heterocycles. The van der Waals surface area contributed by atoms with Crippen LogP contribution in [-0.4, -0.2) is 12.6 Å². The van der Waals surface area contributed by atoms with Gasteiger partial charge in [-0.25, -0.2) is 9.18 Å². The third-order valence-corrected chi connectivity index (χ3v) is 4.33. The topological polar surface area (TPSA) is 48.7 Å². The maximum Gasteiger partial charge on any atom is 0.342 e. The summed E-state index contributed by atoms with van der Waals surface area (Å²) < 4.78 is 30.2. The molecule has 0 bridgehead atoms. The Bertz CT molecular complexity index is 915. The molecule has 0 amide bonds. The molecule has 0 unspecified atom stereocenters. The van der Waals surface area contributed by atoms with Crippen LogP contribution in [0.2, 0.25) is 0 Å². The minimum atomic E-state index is -0.425. The lowest BCUT2D eigenvalue weighted by Crippen LogP contribution is -2.05. The van der Waals surface area contributed by atoms with Crippen LogP contribution in [-0.2, 0) is 11.3 Å². The number of ether oxygens (including phenoxy) is 2. The molecule has 0 N–H and O–H groups in total. The summed E-state index contributed by atoms with van der Waals surface area (Å²) in [6.45, 7) is 4.04. The summed E-state index contributed by atoms with van der Waals surface area (Å²) in [6.07, 6.45) is 0. The van der Waals surface area contributed by atoms with Gasteiger partial charge in [0, 0.05) is 5.39 Å². The van der Waals surface area contributed by atoms with E-state index in [2.05, 4.69) is 15.9 Å². The minimum absolute atomic E-state index is 0.274. The van der Waals surface area contributed by atoms with Gasteiger partial charge in [0.2, 0.25) is 0 Å². The molecule has 25 heavy (non-hydrogen) atoms. The van der Waals surface area contributed by atoms with E-state index < -0.39 is 5.97 Å². The highest BCUT2D eigenvalue weighted by Gasteiger charge is 2.21. The normalized spacial score (nSPS) is 10.9. The van der Waals surface area contributed by atoms with Crippen molar-refractivity contribution in [1.82, 2.24) is 0 Å². The standard InChI is InChI=1S/C19H16BrFO4/c1-3-23-19(22)18-11(2)25-16-9-15(20)17(8-14(16)18)24-10-12-4-6-13(21)7-5-12/h4-9H,3,10H2,1-2H3. The second-order valence-corrected chi connectivity index (χ2v) is 6.30. The molecule has 130 valence electrons. The molecule has 0 spiro atoms. The lowest BCUT2D eigenvalue weighted by Gasteiger charge is -2.09. The van der Waals surface area contributed by atoms with Crippen LogP contribution in [0.25, 0.3) is 11.0 Å². The van der Waals surface area contributed by atoms with Gasteiger partial charge in [-0.05, 0) is 59.6 Å².